The normalized spacial score (nSPS) is 12.2. The molecule has 0 saturated heterocycles. The molecule has 1 aromatic rings. The van der Waals surface area contributed by atoms with E-state index in [-0.39, 0.29) is 16.3 Å². The molecule has 1 aromatic carbocycles. The first-order chi connectivity index (χ1) is 8.49. The second-order valence-electron chi connectivity index (χ2n) is 3.96. The largest absolute Gasteiger partial charge is 0.494 e. The van der Waals surface area contributed by atoms with Crippen LogP contribution in [-0.4, -0.2) is 16.9 Å². The molecule has 0 aliphatic carbocycles. The molecule has 1 unspecified atom stereocenters. The highest BCUT2D eigenvalue weighted by Crippen LogP contribution is 2.30. The number of hydrogen-bond acceptors (Lipinski definition) is 3. The van der Waals surface area contributed by atoms with Crippen molar-refractivity contribution in [2.45, 2.75) is 31.0 Å². The Morgan fingerprint density at radius 1 is 1.56 bits per heavy atom. The van der Waals surface area contributed by atoms with Crippen molar-refractivity contribution in [3.05, 3.63) is 33.6 Å². The Hall–Kier alpha value is -1.17. The van der Waals surface area contributed by atoms with Crippen LogP contribution in [0.2, 0.25) is 0 Å². The van der Waals surface area contributed by atoms with Gasteiger partial charge in [-0.1, -0.05) is 29.3 Å². The number of benzene rings is 1. The maximum absolute atomic E-state index is 13.4. The van der Waals surface area contributed by atoms with Gasteiger partial charge in [-0.3, -0.25) is 10.1 Å². The molecule has 100 valence electrons. The van der Waals surface area contributed by atoms with E-state index in [1.807, 2.05) is 6.92 Å². The van der Waals surface area contributed by atoms with E-state index in [0.717, 1.165) is 18.9 Å². The third kappa shape index (κ3) is 3.66. The summed E-state index contributed by atoms with van der Waals surface area (Å²) in [5.41, 5.74) is 0.280. The number of halogens is 2. The van der Waals surface area contributed by atoms with Gasteiger partial charge in [-0.05, 0) is 18.9 Å². The predicted molar refractivity (Wildman–Crippen MR) is 70.9 cm³/mol. The fourth-order valence-electron chi connectivity index (χ4n) is 1.73. The van der Waals surface area contributed by atoms with Crippen molar-refractivity contribution in [3.8, 4) is 5.75 Å². The third-order valence-corrected chi connectivity index (χ3v) is 3.37. The van der Waals surface area contributed by atoms with Crippen molar-refractivity contribution >= 4 is 21.6 Å². The predicted octanol–water partition coefficient (Wildman–Crippen LogP) is 3.85. The summed E-state index contributed by atoms with van der Waals surface area (Å²) in [6.45, 7) is 2.04. The summed E-state index contributed by atoms with van der Waals surface area (Å²) < 4.78 is 18.3. The van der Waals surface area contributed by atoms with Crippen LogP contribution in [0.15, 0.2) is 12.1 Å². The molecule has 1 rings (SSSR count). The summed E-state index contributed by atoms with van der Waals surface area (Å²) in [7, 11) is 1.34. The van der Waals surface area contributed by atoms with Crippen LogP contribution in [0.4, 0.5) is 10.1 Å². The lowest BCUT2D eigenvalue weighted by atomic mass is 10.0. The summed E-state index contributed by atoms with van der Waals surface area (Å²) in [4.78, 5) is 10.5. The lowest BCUT2D eigenvalue weighted by Gasteiger charge is -2.10. The SMILES string of the molecule is CCCC(Br)Cc1cc(OC)c(F)cc1[N+](=O)[O-]. The minimum atomic E-state index is -0.713. The van der Waals surface area contributed by atoms with Crippen LogP contribution < -0.4 is 4.74 Å². The molecule has 18 heavy (non-hydrogen) atoms. The van der Waals surface area contributed by atoms with E-state index in [2.05, 4.69) is 15.9 Å². The van der Waals surface area contributed by atoms with Crippen molar-refractivity contribution < 1.29 is 14.1 Å². The van der Waals surface area contributed by atoms with Gasteiger partial charge < -0.3 is 4.74 Å². The zero-order valence-electron chi connectivity index (χ0n) is 10.3. The maximum atomic E-state index is 13.4. The highest BCUT2D eigenvalue weighted by atomic mass is 79.9. The van der Waals surface area contributed by atoms with E-state index in [9.17, 15) is 14.5 Å². The highest BCUT2D eigenvalue weighted by Gasteiger charge is 2.20. The van der Waals surface area contributed by atoms with Crippen LogP contribution in [0.25, 0.3) is 0 Å². The van der Waals surface area contributed by atoms with E-state index < -0.39 is 10.7 Å². The Labute approximate surface area is 113 Å². The van der Waals surface area contributed by atoms with E-state index in [1.165, 1.54) is 13.2 Å². The van der Waals surface area contributed by atoms with Crippen molar-refractivity contribution in [2.75, 3.05) is 7.11 Å². The summed E-state index contributed by atoms with van der Waals surface area (Å²) in [6.07, 6.45) is 2.35. The first kappa shape index (κ1) is 14.9. The summed E-state index contributed by atoms with van der Waals surface area (Å²) >= 11 is 3.47. The molecule has 0 fully saturated rings. The van der Waals surface area contributed by atoms with Crippen molar-refractivity contribution in [1.82, 2.24) is 0 Å². The fourth-order valence-corrected chi connectivity index (χ4v) is 2.54. The zero-order chi connectivity index (χ0) is 13.7. The Morgan fingerprint density at radius 3 is 2.72 bits per heavy atom. The molecular formula is C12H15BrFNO3. The van der Waals surface area contributed by atoms with Crippen molar-refractivity contribution in [2.24, 2.45) is 0 Å². The zero-order valence-corrected chi connectivity index (χ0v) is 11.9. The molecule has 0 bridgehead atoms. The number of nitrogens with zero attached hydrogens (tertiary/aromatic N) is 1. The maximum Gasteiger partial charge on any atom is 0.275 e. The van der Waals surface area contributed by atoms with Crippen molar-refractivity contribution in [3.63, 3.8) is 0 Å². The Bertz CT molecular complexity index is 440. The second-order valence-corrected chi connectivity index (χ2v) is 5.26. The summed E-state index contributed by atoms with van der Waals surface area (Å²) in [5, 5.41) is 10.9. The van der Waals surface area contributed by atoms with Gasteiger partial charge in [0.05, 0.1) is 18.1 Å². The molecular weight excluding hydrogens is 305 g/mol. The monoisotopic (exact) mass is 319 g/mol. The molecule has 1 atom stereocenters. The average molecular weight is 320 g/mol. The molecule has 0 aliphatic heterocycles. The molecule has 0 amide bonds. The Balaban J connectivity index is 3.10. The number of methoxy groups -OCH3 is 1. The minimum Gasteiger partial charge on any atom is -0.494 e. The van der Waals surface area contributed by atoms with Crippen LogP contribution in [-0.2, 0) is 6.42 Å². The lowest BCUT2D eigenvalue weighted by molar-refractivity contribution is -0.385. The van der Waals surface area contributed by atoms with Gasteiger partial charge in [0, 0.05) is 10.4 Å². The first-order valence-electron chi connectivity index (χ1n) is 5.64. The van der Waals surface area contributed by atoms with E-state index in [4.69, 9.17) is 4.74 Å². The average Bonchev–Trinajstić information content (AvgIpc) is 2.30. The molecule has 0 saturated carbocycles. The number of alkyl halides is 1. The molecule has 0 spiro atoms. The number of nitro benzene ring substituents is 1. The molecule has 0 aromatic heterocycles. The molecule has 0 radical (unpaired) electrons. The Morgan fingerprint density at radius 2 is 2.22 bits per heavy atom. The van der Waals surface area contributed by atoms with E-state index in [1.54, 1.807) is 0 Å². The number of rotatable bonds is 6. The highest BCUT2D eigenvalue weighted by molar-refractivity contribution is 9.09. The number of ether oxygens (including phenoxy) is 1. The summed E-state index contributed by atoms with van der Waals surface area (Å²) in [6, 6.07) is 2.32. The molecule has 0 aliphatic rings. The second kappa shape index (κ2) is 6.68. The first-order valence-corrected chi connectivity index (χ1v) is 6.56. The summed E-state index contributed by atoms with van der Waals surface area (Å²) in [5.74, 6) is -0.679. The van der Waals surface area contributed by atoms with Crippen LogP contribution in [0.3, 0.4) is 0 Å². The van der Waals surface area contributed by atoms with Gasteiger partial charge in [0.25, 0.3) is 5.69 Å². The van der Waals surface area contributed by atoms with E-state index >= 15 is 0 Å². The van der Waals surface area contributed by atoms with Gasteiger partial charge in [-0.2, -0.15) is 0 Å². The van der Waals surface area contributed by atoms with Crippen LogP contribution in [0, 0.1) is 15.9 Å². The Kier molecular flexibility index (Phi) is 5.53. The number of hydrogen-bond donors (Lipinski definition) is 0. The van der Waals surface area contributed by atoms with Gasteiger partial charge in [0.1, 0.15) is 0 Å². The lowest BCUT2D eigenvalue weighted by Crippen LogP contribution is -2.06. The molecule has 0 N–H and O–H groups in total. The molecule has 0 heterocycles. The van der Waals surface area contributed by atoms with Crippen LogP contribution in [0.1, 0.15) is 25.3 Å². The standard InChI is InChI=1S/C12H15BrFNO3/c1-3-4-9(13)5-8-6-12(18-2)10(14)7-11(8)15(16)17/h6-7,9H,3-5H2,1-2H3. The van der Waals surface area contributed by atoms with Crippen molar-refractivity contribution in [1.29, 1.82) is 0 Å². The molecule has 6 heteroatoms. The van der Waals surface area contributed by atoms with Gasteiger partial charge in [-0.25, -0.2) is 4.39 Å². The van der Waals surface area contributed by atoms with E-state index in [0.29, 0.717) is 12.0 Å². The number of nitro groups is 1. The third-order valence-electron chi connectivity index (χ3n) is 2.59. The minimum absolute atomic E-state index is 0.0341. The van der Waals surface area contributed by atoms with Gasteiger partial charge in [-0.15, -0.1) is 0 Å². The van der Waals surface area contributed by atoms with Gasteiger partial charge in [0.2, 0.25) is 0 Å². The molecule has 4 nitrogen and oxygen atoms in total. The van der Waals surface area contributed by atoms with Crippen LogP contribution >= 0.6 is 15.9 Å². The smallest absolute Gasteiger partial charge is 0.275 e. The topological polar surface area (TPSA) is 52.4 Å². The quantitative estimate of drug-likeness (QED) is 0.454. The fraction of sp³-hybridized carbons (Fsp3) is 0.500. The van der Waals surface area contributed by atoms with Gasteiger partial charge in [0.15, 0.2) is 11.6 Å². The van der Waals surface area contributed by atoms with Crippen LogP contribution in [0.5, 0.6) is 5.75 Å². The van der Waals surface area contributed by atoms with Gasteiger partial charge >= 0.3 is 0 Å².